The van der Waals surface area contributed by atoms with Gasteiger partial charge in [0.25, 0.3) is 0 Å². The van der Waals surface area contributed by atoms with Gasteiger partial charge >= 0.3 is 5.97 Å². The van der Waals surface area contributed by atoms with Gasteiger partial charge in [-0.05, 0) is 19.1 Å². The van der Waals surface area contributed by atoms with Crippen LogP contribution in [0.2, 0.25) is 0 Å². The predicted molar refractivity (Wildman–Crippen MR) is 59.8 cm³/mol. The van der Waals surface area contributed by atoms with Gasteiger partial charge in [-0.3, -0.25) is 0 Å². The van der Waals surface area contributed by atoms with Crippen LogP contribution in [0.1, 0.15) is 23.2 Å². The minimum absolute atomic E-state index is 0.0385. The van der Waals surface area contributed by atoms with Gasteiger partial charge in [-0.25, -0.2) is 4.79 Å². The van der Waals surface area contributed by atoms with Gasteiger partial charge in [-0.2, -0.15) is 0 Å². The first kappa shape index (κ1) is 13.7. The fraction of sp³-hybridized carbons (Fsp3) is 0.545. The molecule has 0 aliphatic carbocycles. The van der Waals surface area contributed by atoms with Crippen molar-refractivity contribution in [2.45, 2.75) is 25.8 Å². The van der Waals surface area contributed by atoms with Crippen LogP contribution in [0.5, 0.6) is 0 Å². The van der Waals surface area contributed by atoms with Crippen LogP contribution in [-0.4, -0.2) is 37.6 Å². The molecule has 0 aromatic carbocycles. The standard InChI is InChI=1S/C11H17NO5/c1-7(11(15-2)16-3)12-6-8-4-5-9(17-8)10(13)14/h4-5,7,11-12H,6H2,1-3H3,(H,13,14). The zero-order chi connectivity index (χ0) is 12.8. The Balaban J connectivity index is 2.46. The molecule has 0 saturated heterocycles. The predicted octanol–water partition coefficient (Wildman–Crippen LogP) is 1.07. The molecule has 6 heteroatoms. The maximum absolute atomic E-state index is 10.6. The number of hydrogen-bond donors (Lipinski definition) is 2. The number of carboxylic acid groups (broad SMARTS) is 1. The number of hydrogen-bond acceptors (Lipinski definition) is 5. The number of carboxylic acids is 1. The van der Waals surface area contributed by atoms with Crippen molar-refractivity contribution in [3.63, 3.8) is 0 Å². The van der Waals surface area contributed by atoms with Crippen molar-refractivity contribution in [2.24, 2.45) is 0 Å². The summed E-state index contributed by atoms with van der Waals surface area (Å²) in [6.45, 7) is 2.32. The van der Waals surface area contributed by atoms with E-state index in [4.69, 9.17) is 19.0 Å². The zero-order valence-electron chi connectivity index (χ0n) is 10.1. The van der Waals surface area contributed by atoms with E-state index in [0.717, 1.165) is 0 Å². The van der Waals surface area contributed by atoms with Gasteiger partial charge in [-0.1, -0.05) is 0 Å². The van der Waals surface area contributed by atoms with Crippen molar-refractivity contribution in [1.82, 2.24) is 5.32 Å². The Bertz CT molecular complexity index is 358. The maximum Gasteiger partial charge on any atom is 0.371 e. The van der Waals surface area contributed by atoms with Crippen LogP contribution in [0.3, 0.4) is 0 Å². The van der Waals surface area contributed by atoms with E-state index in [9.17, 15) is 4.79 Å². The quantitative estimate of drug-likeness (QED) is 0.697. The number of furan rings is 1. The summed E-state index contributed by atoms with van der Waals surface area (Å²) in [4.78, 5) is 10.6. The highest BCUT2D eigenvalue weighted by molar-refractivity contribution is 5.84. The van der Waals surface area contributed by atoms with E-state index in [2.05, 4.69) is 5.32 Å². The molecule has 17 heavy (non-hydrogen) atoms. The highest BCUT2D eigenvalue weighted by Gasteiger charge is 2.16. The van der Waals surface area contributed by atoms with Crippen LogP contribution >= 0.6 is 0 Å². The summed E-state index contributed by atoms with van der Waals surface area (Å²) < 4.78 is 15.3. The SMILES string of the molecule is COC(OC)C(C)NCc1ccc(C(=O)O)o1. The molecule has 0 aliphatic heterocycles. The molecule has 1 atom stereocenters. The molecule has 0 saturated carbocycles. The van der Waals surface area contributed by atoms with Crippen LogP contribution < -0.4 is 5.32 Å². The van der Waals surface area contributed by atoms with Gasteiger partial charge in [0.1, 0.15) is 5.76 Å². The molecule has 0 fully saturated rings. The Morgan fingerprint density at radius 3 is 2.59 bits per heavy atom. The Kier molecular flexibility index (Phi) is 5.14. The highest BCUT2D eigenvalue weighted by atomic mass is 16.7. The van der Waals surface area contributed by atoms with Crippen LogP contribution in [0, 0.1) is 0 Å². The van der Waals surface area contributed by atoms with Crippen molar-refractivity contribution in [3.05, 3.63) is 23.7 Å². The first-order valence-corrected chi connectivity index (χ1v) is 5.19. The molecular weight excluding hydrogens is 226 g/mol. The lowest BCUT2D eigenvalue weighted by molar-refractivity contribution is -0.119. The summed E-state index contributed by atoms with van der Waals surface area (Å²) in [5.41, 5.74) is 0. The fourth-order valence-corrected chi connectivity index (χ4v) is 1.45. The minimum atomic E-state index is -1.07. The van der Waals surface area contributed by atoms with Crippen LogP contribution in [0.25, 0.3) is 0 Å². The molecule has 0 radical (unpaired) electrons. The van der Waals surface area contributed by atoms with E-state index in [1.165, 1.54) is 6.07 Å². The van der Waals surface area contributed by atoms with Gasteiger partial charge in [-0.15, -0.1) is 0 Å². The highest BCUT2D eigenvalue weighted by Crippen LogP contribution is 2.08. The smallest absolute Gasteiger partial charge is 0.371 e. The summed E-state index contributed by atoms with van der Waals surface area (Å²) in [6, 6.07) is 3.01. The molecule has 1 aromatic rings. The van der Waals surface area contributed by atoms with Crippen molar-refractivity contribution < 1.29 is 23.8 Å². The van der Waals surface area contributed by atoms with Gasteiger partial charge in [0, 0.05) is 14.2 Å². The molecule has 0 spiro atoms. The number of ether oxygens (including phenoxy) is 2. The van der Waals surface area contributed by atoms with Crippen molar-refractivity contribution in [1.29, 1.82) is 0 Å². The Morgan fingerprint density at radius 2 is 2.12 bits per heavy atom. The maximum atomic E-state index is 10.6. The first-order valence-electron chi connectivity index (χ1n) is 5.19. The largest absolute Gasteiger partial charge is 0.475 e. The number of methoxy groups -OCH3 is 2. The third kappa shape index (κ3) is 3.85. The third-order valence-electron chi connectivity index (χ3n) is 2.34. The minimum Gasteiger partial charge on any atom is -0.475 e. The van der Waals surface area contributed by atoms with Crippen LogP contribution in [0.15, 0.2) is 16.5 Å². The summed E-state index contributed by atoms with van der Waals surface area (Å²) >= 11 is 0. The second kappa shape index (κ2) is 6.39. The lowest BCUT2D eigenvalue weighted by Crippen LogP contribution is -2.39. The Morgan fingerprint density at radius 1 is 1.47 bits per heavy atom. The second-order valence-corrected chi connectivity index (χ2v) is 3.58. The second-order valence-electron chi connectivity index (χ2n) is 3.58. The fourth-order valence-electron chi connectivity index (χ4n) is 1.45. The van der Waals surface area contributed by atoms with Gasteiger partial charge < -0.3 is 24.3 Å². The monoisotopic (exact) mass is 243 g/mol. The molecular formula is C11H17NO5. The molecule has 2 N–H and O–H groups in total. The van der Waals surface area contributed by atoms with E-state index < -0.39 is 5.97 Å². The van der Waals surface area contributed by atoms with E-state index in [1.54, 1.807) is 20.3 Å². The number of rotatable bonds is 7. The average molecular weight is 243 g/mol. The Hall–Kier alpha value is -1.37. The first-order chi connectivity index (χ1) is 8.08. The lowest BCUT2D eigenvalue weighted by atomic mass is 10.3. The van der Waals surface area contributed by atoms with Crippen LogP contribution in [0.4, 0.5) is 0 Å². The van der Waals surface area contributed by atoms with Crippen molar-refractivity contribution >= 4 is 5.97 Å². The van der Waals surface area contributed by atoms with Crippen molar-refractivity contribution in [3.8, 4) is 0 Å². The summed E-state index contributed by atoms with van der Waals surface area (Å²) in [7, 11) is 3.11. The third-order valence-corrected chi connectivity index (χ3v) is 2.34. The molecule has 0 aliphatic rings. The average Bonchev–Trinajstić information content (AvgIpc) is 2.76. The van der Waals surface area contributed by atoms with Crippen LogP contribution in [-0.2, 0) is 16.0 Å². The van der Waals surface area contributed by atoms with E-state index in [1.807, 2.05) is 6.92 Å². The molecule has 0 bridgehead atoms. The molecule has 1 unspecified atom stereocenters. The zero-order valence-corrected chi connectivity index (χ0v) is 10.1. The molecule has 1 rings (SSSR count). The molecule has 6 nitrogen and oxygen atoms in total. The summed E-state index contributed by atoms with van der Waals surface area (Å²) in [6.07, 6.45) is -0.357. The number of aromatic carboxylic acids is 1. The topological polar surface area (TPSA) is 80.9 Å². The normalized spacial score (nSPS) is 12.9. The van der Waals surface area contributed by atoms with E-state index >= 15 is 0 Å². The Labute approximate surface area is 99.5 Å². The number of carbonyl (C=O) groups is 1. The lowest BCUT2D eigenvalue weighted by Gasteiger charge is -2.21. The van der Waals surface area contributed by atoms with E-state index in [-0.39, 0.29) is 18.1 Å². The van der Waals surface area contributed by atoms with Gasteiger partial charge in [0.15, 0.2) is 6.29 Å². The molecule has 1 aromatic heterocycles. The summed E-state index contributed by atoms with van der Waals surface area (Å²) in [5, 5.41) is 11.8. The molecule has 0 amide bonds. The van der Waals surface area contributed by atoms with E-state index in [0.29, 0.717) is 12.3 Å². The van der Waals surface area contributed by atoms with Gasteiger partial charge in [0.2, 0.25) is 5.76 Å². The van der Waals surface area contributed by atoms with Gasteiger partial charge in [0.05, 0.1) is 12.6 Å². The number of nitrogens with one attached hydrogen (secondary N) is 1. The summed E-state index contributed by atoms with van der Waals surface area (Å²) in [5.74, 6) is -0.583. The molecule has 1 heterocycles. The molecule has 96 valence electrons. The van der Waals surface area contributed by atoms with Crippen molar-refractivity contribution in [2.75, 3.05) is 14.2 Å².